The molecule has 1 rings (SSSR count). The van der Waals surface area contributed by atoms with Gasteiger partial charge in [0.25, 0.3) is 0 Å². The third-order valence-electron chi connectivity index (χ3n) is 2.51. The average Bonchev–Trinajstić information content (AvgIpc) is 2.36. The van der Waals surface area contributed by atoms with E-state index in [0.29, 0.717) is 18.3 Å². The van der Waals surface area contributed by atoms with Gasteiger partial charge in [0.15, 0.2) is 0 Å². The van der Waals surface area contributed by atoms with Gasteiger partial charge in [-0.25, -0.2) is 4.98 Å². The van der Waals surface area contributed by atoms with E-state index in [0.717, 1.165) is 17.8 Å². The van der Waals surface area contributed by atoms with E-state index in [4.69, 9.17) is 6.42 Å². The number of pyridine rings is 1. The van der Waals surface area contributed by atoms with Crippen molar-refractivity contribution in [2.75, 3.05) is 0 Å². The molecule has 0 saturated heterocycles. The molecule has 0 aliphatic rings. The predicted octanol–water partition coefficient (Wildman–Crippen LogP) is 2.01. The highest BCUT2D eigenvalue weighted by Crippen LogP contribution is 2.01. The second kappa shape index (κ2) is 6.59. The molecule has 0 fully saturated rings. The van der Waals surface area contributed by atoms with E-state index in [-0.39, 0.29) is 0 Å². The Morgan fingerprint density at radius 2 is 2.41 bits per heavy atom. The summed E-state index contributed by atoms with van der Waals surface area (Å²) in [7, 11) is 0. The van der Waals surface area contributed by atoms with Crippen LogP contribution in [0.4, 0.5) is 0 Å². The third-order valence-corrected chi connectivity index (χ3v) is 2.51. The Kier molecular flexibility index (Phi) is 5.09. The standard InChI is InChI=1S/C14H19N3/c1-5-11(3)17-12(4)16-10-13-7-8-15-14(6-2)9-13/h2,7-9,11,16-17H,4-5,10H2,1,3H3. The predicted molar refractivity (Wildman–Crippen MR) is 71.0 cm³/mol. The highest BCUT2D eigenvalue weighted by atomic mass is 15.1. The van der Waals surface area contributed by atoms with Gasteiger partial charge in [-0.2, -0.15) is 0 Å². The maximum Gasteiger partial charge on any atom is 0.113 e. The fraction of sp³-hybridized carbons (Fsp3) is 0.357. The molecule has 0 aliphatic carbocycles. The van der Waals surface area contributed by atoms with Crippen LogP contribution in [0.2, 0.25) is 0 Å². The first kappa shape index (κ1) is 13.1. The lowest BCUT2D eigenvalue weighted by atomic mass is 10.2. The average molecular weight is 229 g/mol. The molecule has 17 heavy (non-hydrogen) atoms. The summed E-state index contributed by atoms with van der Waals surface area (Å²) >= 11 is 0. The van der Waals surface area contributed by atoms with Crippen molar-refractivity contribution in [1.82, 2.24) is 15.6 Å². The first-order valence-electron chi connectivity index (χ1n) is 5.76. The minimum atomic E-state index is 0.425. The van der Waals surface area contributed by atoms with E-state index in [2.05, 4.69) is 42.0 Å². The van der Waals surface area contributed by atoms with E-state index in [9.17, 15) is 0 Å². The van der Waals surface area contributed by atoms with Crippen LogP contribution in [0.3, 0.4) is 0 Å². The second-order valence-corrected chi connectivity index (χ2v) is 3.98. The highest BCUT2D eigenvalue weighted by molar-refractivity contribution is 5.28. The number of hydrogen-bond acceptors (Lipinski definition) is 3. The van der Waals surface area contributed by atoms with E-state index in [1.165, 1.54) is 0 Å². The lowest BCUT2D eigenvalue weighted by Gasteiger charge is -2.16. The van der Waals surface area contributed by atoms with Crippen LogP contribution < -0.4 is 10.6 Å². The smallest absolute Gasteiger partial charge is 0.113 e. The fourth-order valence-corrected chi connectivity index (χ4v) is 1.32. The van der Waals surface area contributed by atoms with Crippen molar-refractivity contribution in [2.24, 2.45) is 0 Å². The number of hydrogen-bond donors (Lipinski definition) is 2. The van der Waals surface area contributed by atoms with Gasteiger partial charge in [0.2, 0.25) is 0 Å². The largest absolute Gasteiger partial charge is 0.370 e. The van der Waals surface area contributed by atoms with Crippen molar-refractivity contribution >= 4 is 0 Å². The second-order valence-electron chi connectivity index (χ2n) is 3.98. The summed E-state index contributed by atoms with van der Waals surface area (Å²) in [5, 5.41) is 6.48. The van der Waals surface area contributed by atoms with Crippen LogP contribution >= 0.6 is 0 Å². The summed E-state index contributed by atoms with van der Waals surface area (Å²) in [4.78, 5) is 4.04. The van der Waals surface area contributed by atoms with Gasteiger partial charge < -0.3 is 10.6 Å². The summed E-state index contributed by atoms with van der Waals surface area (Å²) in [5.41, 5.74) is 1.75. The molecule has 1 heterocycles. The van der Waals surface area contributed by atoms with Crippen molar-refractivity contribution in [1.29, 1.82) is 0 Å². The molecule has 3 nitrogen and oxygen atoms in total. The zero-order valence-corrected chi connectivity index (χ0v) is 10.5. The molecule has 0 amide bonds. The topological polar surface area (TPSA) is 37.0 Å². The van der Waals surface area contributed by atoms with Crippen molar-refractivity contribution in [3.8, 4) is 12.3 Å². The summed E-state index contributed by atoms with van der Waals surface area (Å²) in [6.07, 6.45) is 8.08. The number of nitrogens with one attached hydrogen (secondary N) is 2. The lowest BCUT2D eigenvalue weighted by molar-refractivity contribution is 0.559. The Labute approximate surface area is 103 Å². The molecule has 1 aromatic rings. The molecule has 0 radical (unpaired) electrons. The molecule has 1 atom stereocenters. The Morgan fingerprint density at radius 1 is 1.65 bits per heavy atom. The van der Waals surface area contributed by atoms with Crippen LogP contribution in [0.15, 0.2) is 30.7 Å². The lowest BCUT2D eigenvalue weighted by Crippen LogP contribution is -2.31. The monoisotopic (exact) mass is 229 g/mol. The number of aromatic nitrogens is 1. The Bertz CT molecular complexity index is 418. The minimum absolute atomic E-state index is 0.425. The van der Waals surface area contributed by atoms with Crippen LogP contribution in [0.25, 0.3) is 0 Å². The molecule has 0 aliphatic heterocycles. The molecule has 0 bridgehead atoms. The molecule has 3 heteroatoms. The number of nitrogens with zero attached hydrogens (tertiary/aromatic N) is 1. The fourth-order valence-electron chi connectivity index (χ4n) is 1.32. The summed E-state index contributed by atoms with van der Waals surface area (Å²) in [5.74, 6) is 3.35. The van der Waals surface area contributed by atoms with Gasteiger partial charge >= 0.3 is 0 Å². The van der Waals surface area contributed by atoms with E-state index in [1.54, 1.807) is 6.20 Å². The summed E-state index contributed by atoms with van der Waals surface area (Å²) in [6, 6.07) is 4.25. The maximum absolute atomic E-state index is 5.30. The van der Waals surface area contributed by atoms with Crippen LogP contribution in [0.5, 0.6) is 0 Å². The van der Waals surface area contributed by atoms with Gasteiger partial charge in [0, 0.05) is 18.8 Å². The van der Waals surface area contributed by atoms with Crippen molar-refractivity contribution < 1.29 is 0 Å². The molecule has 90 valence electrons. The van der Waals surface area contributed by atoms with Crippen LogP contribution in [-0.4, -0.2) is 11.0 Å². The van der Waals surface area contributed by atoms with Crippen molar-refractivity contribution in [2.45, 2.75) is 32.9 Å². The van der Waals surface area contributed by atoms with Crippen molar-refractivity contribution in [3.63, 3.8) is 0 Å². The van der Waals surface area contributed by atoms with Gasteiger partial charge in [-0.15, -0.1) is 6.42 Å². The van der Waals surface area contributed by atoms with E-state index >= 15 is 0 Å². The van der Waals surface area contributed by atoms with Crippen LogP contribution in [0.1, 0.15) is 31.5 Å². The van der Waals surface area contributed by atoms with Gasteiger partial charge in [0.1, 0.15) is 5.69 Å². The first-order valence-corrected chi connectivity index (χ1v) is 5.76. The molecule has 1 unspecified atom stereocenters. The SMILES string of the molecule is C#Cc1cc(CNC(=C)NC(C)CC)ccn1. The van der Waals surface area contributed by atoms with Gasteiger partial charge in [-0.05, 0) is 31.0 Å². The van der Waals surface area contributed by atoms with Crippen LogP contribution in [0, 0.1) is 12.3 Å². The molecule has 2 N–H and O–H groups in total. The highest BCUT2D eigenvalue weighted by Gasteiger charge is 2.00. The van der Waals surface area contributed by atoms with E-state index in [1.807, 2.05) is 12.1 Å². The van der Waals surface area contributed by atoms with Gasteiger partial charge in [-0.1, -0.05) is 19.4 Å². The van der Waals surface area contributed by atoms with E-state index < -0.39 is 0 Å². The number of rotatable bonds is 6. The third kappa shape index (κ3) is 4.60. The Hall–Kier alpha value is -1.95. The quantitative estimate of drug-likeness (QED) is 0.733. The number of terminal acetylenes is 1. The molecular formula is C14H19N3. The van der Waals surface area contributed by atoms with Crippen LogP contribution in [-0.2, 0) is 6.54 Å². The Morgan fingerprint density at radius 3 is 3.06 bits per heavy atom. The summed E-state index contributed by atoms with van der Waals surface area (Å²) in [6.45, 7) is 8.87. The molecular weight excluding hydrogens is 210 g/mol. The Balaban J connectivity index is 2.45. The zero-order chi connectivity index (χ0) is 12.7. The maximum atomic E-state index is 5.30. The van der Waals surface area contributed by atoms with Crippen molar-refractivity contribution in [3.05, 3.63) is 42.0 Å². The molecule has 0 spiro atoms. The molecule has 1 aromatic heterocycles. The zero-order valence-electron chi connectivity index (χ0n) is 10.5. The normalized spacial score (nSPS) is 11.4. The van der Waals surface area contributed by atoms with Gasteiger partial charge in [0.05, 0.1) is 5.82 Å². The first-order chi connectivity index (χ1) is 8.15. The molecule has 0 aromatic carbocycles. The summed E-state index contributed by atoms with van der Waals surface area (Å²) < 4.78 is 0. The molecule has 0 saturated carbocycles. The van der Waals surface area contributed by atoms with Gasteiger partial charge in [-0.3, -0.25) is 0 Å². The minimum Gasteiger partial charge on any atom is -0.370 e.